The standard InChI is InChI=1S/C15H22N2O5/c1-20-6-7-22-10-14(18)17-13(15(16)19)9-11-4-3-5-12(8-11)21-2/h3-5,8,13H,6-7,9-10H2,1-2H3,(H2,16,19)(H,17,18)/t13-/m0/s1. The van der Waals surface area contributed by atoms with Crippen molar-refractivity contribution in [1.29, 1.82) is 0 Å². The Labute approximate surface area is 129 Å². The molecule has 0 aliphatic carbocycles. The van der Waals surface area contributed by atoms with E-state index in [0.717, 1.165) is 5.56 Å². The normalized spacial score (nSPS) is 11.7. The van der Waals surface area contributed by atoms with Gasteiger partial charge < -0.3 is 25.3 Å². The van der Waals surface area contributed by atoms with Gasteiger partial charge in [-0.25, -0.2) is 0 Å². The molecule has 2 amide bonds. The maximum absolute atomic E-state index is 11.7. The van der Waals surface area contributed by atoms with Gasteiger partial charge in [0.1, 0.15) is 18.4 Å². The van der Waals surface area contributed by atoms with E-state index < -0.39 is 17.9 Å². The van der Waals surface area contributed by atoms with E-state index >= 15 is 0 Å². The van der Waals surface area contributed by atoms with Gasteiger partial charge in [0, 0.05) is 13.5 Å². The molecular weight excluding hydrogens is 288 g/mol. The highest BCUT2D eigenvalue weighted by Crippen LogP contribution is 2.14. The average molecular weight is 310 g/mol. The molecule has 0 saturated heterocycles. The lowest BCUT2D eigenvalue weighted by atomic mass is 10.1. The van der Waals surface area contributed by atoms with E-state index in [4.69, 9.17) is 19.9 Å². The van der Waals surface area contributed by atoms with Gasteiger partial charge in [-0.05, 0) is 17.7 Å². The summed E-state index contributed by atoms with van der Waals surface area (Å²) in [6.07, 6.45) is 0.288. The SMILES string of the molecule is COCCOCC(=O)N[C@@H](Cc1cccc(OC)c1)C(N)=O. The first-order valence-electron chi connectivity index (χ1n) is 6.85. The predicted molar refractivity (Wildman–Crippen MR) is 80.5 cm³/mol. The monoisotopic (exact) mass is 310 g/mol. The molecule has 0 saturated carbocycles. The van der Waals surface area contributed by atoms with Crippen LogP contribution in [-0.4, -0.2) is 51.9 Å². The smallest absolute Gasteiger partial charge is 0.246 e. The summed E-state index contributed by atoms with van der Waals surface area (Å²) in [5.74, 6) is -0.328. The molecule has 0 unspecified atom stereocenters. The minimum atomic E-state index is -0.800. The lowest BCUT2D eigenvalue weighted by Gasteiger charge is -2.16. The van der Waals surface area contributed by atoms with Crippen molar-refractivity contribution in [2.24, 2.45) is 5.73 Å². The maximum Gasteiger partial charge on any atom is 0.246 e. The van der Waals surface area contributed by atoms with Gasteiger partial charge in [0.25, 0.3) is 0 Å². The number of carbonyl (C=O) groups is 2. The number of hydrogen-bond acceptors (Lipinski definition) is 5. The van der Waals surface area contributed by atoms with Crippen molar-refractivity contribution >= 4 is 11.8 Å². The average Bonchev–Trinajstić information content (AvgIpc) is 2.51. The number of carbonyl (C=O) groups excluding carboxylic acids is 2. The number of ether oxygens (including phenoxy) is 3. The van der Waals surface area contributed by atoms with Crippen LogP contribution in [0, 0.1) is 0 Å². The number of nitrogens with two attached hydrogens (primary N) is 1. The van der Waals surface area contributed by atoms with Crippen LogP contribution in [-0.2, 0) is 25.5 Å². The van der Waals surface area contributed by atoms with Gasteiger partial charge in [0.15, 0.2) is 0 Å². The van der Waals surface area contributed by atoms with Crippen LogP contribution >= 0.6 is 0 Å². The largest absolute Gasteiger partial charge is 0.497 e. The van der Waals surface area contributed by atoms with Gasteiger partial charge in [-0.1, -0.05) is 12.1 Å². The highest BCUT2D eigenvalue weighted by atomic mass is 16.5. The molecule has 7 nitrogen and oxygen atoms in total. The Morgan fingerprint density at radius 2 is 2.05 bits per heavy atom. The summed E-state index contributed by atoms with van der Waals surface area (Å²) in [6.45, 7) is 0.558. The number of amides is 2. The fourth-order valence-corrected chi connectivity index (χ4v) is 1.80. The fraction of sp³-hybridized carbons (Fsp3) is 0.467. The summed E-state index contributed by atoms with van der Waals surface area (Å²) < 4.78 is 15.0. The van der Waals surface area contributed by atoms with Crippen LogP contribution in [0.3, 0.4) is 0 Å². The molecule has 0 aliphatic heterocycles. The van der Waals surface area contributed by atoms with Crippen molar-refractivity contribution in [3.63, 3.8) is 0 Å². The van der Waals surface area contributed by atoms with Gasteiger partial charge in [-0.15, -0.1) is 0 Å². The lowest BCUT2D eigenvalue weighted by molar-refractivity contribution is -0.130. The van der Waals surface area contributed by atoms with E-state index in [2.05, 4.69) is 5.32 Å². The lowest BCUT2D eigenvalue weighted by Crippen LogP contribution is -2.47. The highest BCUT2D eigenvalue weighted by Gasteiger charge is 2.18. The summed E-state index contributed by atoms with van der Waals surface area (Å²) in [4.78, 5) is 23.2. The molecular formula is C15H22N2O5. The summed E-state index contributed by atoms with van der Waals surface area (Å²) in [5.41, 5.74) is 6.17. The van der Waals surface area contributed by atoms with Crippen molar-refractivity contribution in [2.45, 2.75) is 12.5 Å². The van der Waals surface area contributed by atoms with Crippen LogP contribution in [0.25, 0.3) is 0 Å². The molecule has 1 aromatic carbocycles. The topological polar surface area (TPSA) is 99.9 Å². The Morgan fingerprint density at radius 3 is 2.68 bits per heavy atom. The maximum atomic E-state index is 11.7. The van der Waals surface area contributed by atoms with Crippen LogP contribution in [0.5, 0.6) is 5.75 Å². The van der Waals surface area contributed by atoms with Gasteiger partial charge >= 0.3 is 0 Å². The zero-order valence-electron chi connectivity index (χ0n) is 12.8. The Bertz CT molecular complexity index is 493. The Hall–Kier alpha value is -2.12. The molecule has 22 heavy (non-hydrogen) atoms. The highest BCUT2D eigenvalue weighted by molar-refractivity contribution is 5.87. The minimum absolute atomic E-state index is 0.148. The second-order valence-electron chi connectivity index (χ2n) is 4.62. The molecule has 0 aliphatic rings. The van der Waals surface area contributed by atoms with E-state index in [0.29, 0.717) is 19.0 Å². The van der Waals surface area contributed by atoms with Crippen molar-refractivity contribution in [3.05, 3.63) is 29.8 Å². The predicted octanol–water partition coefficient (Wildman–Crippen LogP) is -0.129. The minimum Gasteiger partial charge on any atom is -0.497 e. The Kier molecular flexibility index (Phi) is 7.95. The third-order valence-electron chi connectivity index (χ3n) is 2.92. The third kappa shape index (κ3) is 6.55. The van der Waals surface area contributed by atoms with E-state index in [1.807, 2.05) is 12.1 Å². The van der Waals surface area contributed by atoms with Crippen molar-refractivity contribution in [1.82, 2.24) is 5.32 Å². The number of primary amides is 1. The summed E-state index contributed by atoms with van der Waals surface area (Å²) in [5, 5.41) is 2.56. The van der Waals surface area contributed by atoms with Crippen LogP contribution < -0.4 is 15.8 Å². The van der Waals surface area contributed by atoms with Gasteiger partial charge in [-0.3, -0.25) is 9.59 Å². The van der Waals surface area contributed by atoms with Crippen LogP contribution in [0.4, 0.5) is 0 Å². The number of hydrogen-bond donors (Lipinski definition) is 2. The molecule has 1 atom stereocenters. The first-order chi connectivity index (χ1) is 10.6. The molecule has 0 heterocycles. The number of rotatable bonds is 10. The first-order valence-corrected chi connectivity index (χ1v) is 6.85. The molecule has 0 radical (unpaired) electrons. The molecule has 0 fully saturated rings. The van der Waals surface area contributed by atoms with Crippen LogP contribution in [0.1, 0.15) is 5.56 Å². The molecule has 3 N–H and O–H groups in total. The van der Waals surface area contributed by atoms with Crippen molar-refractivity contribution in [3.8, 4) is 5.75 Å². The second-order valence-corrected chi connectivity index (χ2v) is 4.62. The molecule has 0 spiro atoms. The summed E-state index contributed by atoms with van der Waals surface area (Å²) in [6, 6.07) is 6.43. The van der Waals surface area contributed by atoms with Crippen LogP contribution in [0.2, 0.25) is 0 Å². The molecule has 0 aromatic heterocycles. The van der Waals surface area contributed by atoms with Gasteiger partial charge in [0.05, 0.1) is 20.3 Å². The number of nitrogens with one attached hydrogen (secondary N) is 1. The van der Waals surface area contributed by atoms with Crippen LogP contribution in [0.15, 0.2) is 24.3 Å². The second kappa shape index (κ2) is 9.75. The first kappa shape index (κ1) is 17.9. The third-order valence-corrected chi connectivity index (χ3v) is 2.92. The number of benzene rings is 1. The van der Waals surface area contributed by atoms with Gasteiger partial charge in [0.2, 0.25) is 11.8 Å². The Balaban J connectivity index is 2.54. The van der Waals surface area contributed by atoms with E-state index in [9.17, 15) is 9.59 Å². The quantitative estimate of drug-likeness (QED) is 0.586. The molecule has 1 rings (SSSR count). The summed E-state index contributed by atoms with van der Waals surface area (Å²) >= 11 is 0. The zero-order valence-corrected chi connectivity index (χ0v) is 12.8. The Morgan fingerprint density at radius 1 is 1.27 bits per heavy atom. The van der Waals surface area contributed by atoms with E-state index in [-0.39, 0.29) is 13.0 Å². The van der Waals surface area contributed by atoms with E-state index in [1.165, 1.54) is 0 Å². The molecule has 1 aromatic rings. The fourth-order valence-electron chi connectivity index (χ4n) is 1.80. The van der Waals surface area contributed by atoms with Crippen molar-refractivity contribution in [2.75, 3.05) is 34.0 Å². The molecule has 0 bridgehead atoms. The molecule has 7 heteroatoms. The zero-order chi connectivity index (χ0) is 16.4. The molecule has 122 valence electrons. The summed E-state index contributed by atoms with van der Waals surface area (Å²) in [7, 11) is 3.10. The van der Waals surface area contributed by atoms with E-state index in [1.54, 1.807) is 26.4 Å². The van der Waals surface area contributed by atoms with Crippen molar-refractivity contribution < 1.29 is 23.8 Å². The van der Waals surface area contributed by atoms with Gasteiger partial charge in [-0.2, -0.15) is 0 Å². The number of methoxy groups -OCH3 is 2.